The fraction of sp³-hybridized carbons (Fsp3) is 0.294. The van der Waals surface area contributed by atoms with Gasteiger partial charge >= 0.3 is 6.18 Å². The van der Waals surface area contributed by atoms with Crippen molar-refractivity contribution in [3.05, 3.63) is 59.7 Å². The van der Waals surface area contributed by atoms with Gasteiger partial charge in [-0.25, -0.2) is 8.42 Å². The zero-order valence-corrected chi connectivity index (χ0v) is 15.1. The van der Waals surface area contributed by atoms with Crippen LogP contribution in [0.25, 0.3) is 0 Å². The summed E-state index contributed by atoms with van der Waals surface area (Å²) in [4.78, 5) is -0.178. The Morgan fingerprint density at radius 3 is 1.88 bits per heavy atom. The minimum Gasteiger partial charge on any atom is -0.744 e. The molecule has 0 fully saturated rings. The second-order valence-corrected chi connectivity index (χ2v) is 7.71. The van der Waals surface area contributed by atoms with Crippen LogP contribution in [0.5, 0.6) is 0 Å². The number of alkyl halides is 3. The van der Waals surface area contributed by atoms with Crippen LogP contribution in [0.1, 0.15) is 11.1 Å². The van der Waals surface area contributed by atoms with Crippen LogP contribution < -0.4 is 4.48 Å². The second kappa shape index (κ2) is 7.55. The molecule has 138 valence electrons. The molecule has 2 rings (SSSR count). The normalized spacial score (nSPS) is 12.3. The number of nitrogens with zero attached hydrogens (tertiary/aromatic N) is 1. The van der Waals surface area contributed by atoms with Gasteiger partial charge in [-0.15, -0.1) is 0 Å². The van der Waals surface area contributed by atoms with E-state index in [0.717, 1.165) is 11.6 Å². The number of quaternary nitrogens is 1. The maximum atomic E-state index is 12.3. The Morgan fingerprint density at radius 2 is 1.48 bits per heavy atom. The van der Waals surface area contributed by atoms with Gasteiger partial charge in [-0.05, 0) is 31.2 Å². The highest BCUT2D eigenvalue weighted by atomic mass is 32.2. The van der Waals surface area contributed by atoms with E-state index in [1.54, 1.807) is 18.2 Å². The molecule has 2 aromatic carbocycles. The Kier molecular flexibility index (Phi) is 6.39. The molecule has 0 saturated carbocycles. The lowest BCUT2D eigenvalue weighted by molar-refractivity contribution is -0.137. The lowest BCUT2D eigenvalue weighted by Crippen LogP contribution is -2.34. The van der Waals surface area contributed by atoms with Gasteiger partial charge in [-0.2, -0.15) is 13.2 Å². The van der Waals surface area contributed by atoms with Crippen molar-refractivity contribution in [1.82, 2.24) is 4.48 Å². The fourth-order valence-corrected chi connectivity index (χ4v) is 2.27. The molecule has 2 aromatic rings. The van der Waals surface area contributed by atoms with Crippen LogP contribution in [-0.2, 0) is 16.3 Å². The molecule has 4 nitrogen and oxygen atoms in total. The first kappa shape index (κ1) is 21.1. The van der Waals surface area contributed by atoms with Gasteiger partial charge in [0.1, 0.15) is 15.8 Å². The van der Waals surface area contributed by atoms with Crippen molar-refractivity contribution in [2.75, 3.05) is 21.1 Å². The largest absolute Gasteiger partial charge is 0.744 e. The van der Waals surface area contributed by atoms with E-state index in [4.69, 9.17) is 0 Å². The van der Waals surface area contributed by atoms with Crippen molar-refractivity contribution < 1.29 is 26.1 Å². The molecule has 0 amide bonds. The van der Waals surface area contributed by atoms with Crippen LogP contribution >= 0.6 is 0 Å². The van der Waals surface area contributed by atoms with E-state index < -0.39 is 21.9 Å². The summed E-state index contributed by atoms with van der Waals surface area (Å²) < 4.78 is 68.6. The van der Waals surface area contributed by atoms with E-state index >= 15 is 0 Å². The number of hydrogen-bond donors (Lipinski definition) is 0. The average Bonchev–Trinajstić information content (AvgIpc) is 2.46. The molecule has 0 bridgehead atoms. The van der Waals surface area contributed by atoms with Crippen molar-refractivity contribution in [2.24, 2.45) is 0 Å². The molecule has 25 heavy (non-hydrogen) atoms. The van der Waals surface area contributed by atoms with Crippen LogP contribution in [0.15, 0.2) is 53.4 Å². The van der Waals surface area contributed by atoms with Crippen LogP contribution in [0, 0.1) is 6.92 Å². The molecule has 0 heterocycles. The van der Waals surface area contributed by atoms with E-state index in [2.05, 4.69) is 0 Å². The monoisotopic (exact) mass is 375 g/mol. The number of benzene rings is 2. The van der Waals surface area contributed by atoms with E-state index in [1.165, 1.54) is 24.3 Å². The average molecular weight is 375 g/mol. The minimum absolute atomic E-state index is 0.178. The Bertz CT molecular complexity index is 779. The third-order valence-electron chi connectivity index (χ3n) is 3.26. The Morgan fingerprint density at radius 1 is 0.960 bits per heavy atom. The summed E-state index contributed by atoms with van der Waals surface area (Å²) in [6, 6.07) is 11.2. The highest BCUT2D eigenvalue weighted by molar-refractivity contribution is 7.85. The quantitative estimate of drug-likeness (QED) is 0.593. The van der Waals surface area contributed by atoms with Crippen molar-refractivity contribution in [1.29, 1.82) is 0 Å². The van der Waals surface area contributed by atoms with Crippen molar-refractivity contribution in [2.45, 2.75) is 18.0 Å². The minimum atomic E-state index is -4.27. The molecule has 0 saturated heterocycles. The van der Waals surface area contributed by atoms with Gasteiger partial charge in [0.05, 0.1) is 31.6 Å². The predicted molar refractivity (Wildman–Crippen MR) is 90.2 cm³/mol. The summed E-state index contributed by atoms with van der Waals surface area (Å²) in [6.07, 6.45) is -4.26. The first-order chi connectivity index (χ1) is 11.2. The second-order valence-electron chi connectivity index (χ2n) is 6.33. The Hall–Kier alpha value is -1.90. The molecule has 0 radical (unpaired) electrons. The van der Waals surface area contributed by atoms with E-state index in [1.807, 2.05) is 28.1 Å². The lowest BCUT2D eigenvalue weighted by atomic mass is 10.2. The van der Waals surface area contributed by atoms with Gasteiger partial charge in [0.15, 0.2) is 0 Å². The number of aryl methyl sites for hydroxylation is 1. The van der Waals surface area contributed by atoms with Crippen LogP contribution in [-0.4, -0.2) is 34.1 Å². The Labute approximate surface area is 145 Å². The molecule has 0 aromatic heterocycles. The first-order valence-electron chi connectivity index (χ1n) is 7.23. The first-order valence-corrected chi connectivity index (χ1v) is 8.64. The SMILES string of the molecule is C[N+](C)(C)c1cccc(C(F)(F)F)c1.Cc1ccc(S(=O)(=O)[O-])cc1. The third kappa shape index (κ3) is 6.85. The van der Waals surface area contributed by atoms with Crippen LogP contribution in [0.4, 0.5) is 18.9 Å². The van der Waals surface area contributed by atoms with Gasteiger partial charge in [0, 0.05) is 6.07 Å². The summed E-state index contributed by atoms with van der Waals surface area (Å²) in [6.45, 7) is 1.82. The molecule has 0 aliphatic rings. The van der Waals surface area contributed by atoms with Gasteiger partial charge < -0.3 is 4.55 Å². The summed E-state index contributed by atoms with van der Waals surface area (Å²) in [5.74, 6) is 0. The summed E-state index contributed by atoms with van der Waals surface area (Å²) in [5.41, 5.74) is 0.972. The number of hydrogen-bond acceptors (Lipinski definition) is 3. The molecule has 0 aliphatic carbocycles. The summed E-state index contributed by atoms with van der Waals surface area (Å²) >= 11 is 0. The van der Waals surface area contributed by atoms with E-state index in [9.17, 15) is 26.1 Å². The molecular weight excluding hydrogens is 355 g/mol. The highest BCUT2D eigenvalue weighted by Crippen LogP contribution is 2.32. The number of rotatable bonds is 2. The summed E-state index contributed by atoms with van der Waals surface area (Å²) in [5, 5.41) is 0. The predicted octanol–water partition coefficient (Wildman–Crippen LogP) is 3.80. The smallest absolute Gasteiger partial charge is 0.416 e. The molecule has 0 spiro atoms. The molecule has 0 aliphatic heterocycles. The van der Waals surface area contributed by atoms with E-state index in [-0.39, 0.29) is 4.90 Å². The van der Waals surface area contributed by atoms with Gasteiger partial charge in [-0.3, -0.25) is 4.48 Å². The molecule has 8 heteroatoms. The fourth-order valence-electron chi connectivity index (χ4n) is 1.80. The number of halogens is 3. The van der Waals surface area contributed by atoms with E-state index in [0.29, 0.717) is 10.2 Å². The van der Waals surface area contributed by atoms with Crippen LogP contribution in [0.3, 0.4) is 0 Å². The molecule has 0 unspecified atom stereocenters. The van der Waals surface area contributed by atoms with Gasteiger partial charge in [0.2, 0.25) is 0 Å². The molecule has 0 N–H and O–H groups in total. The van der Waals surface area contributed by atoms with Gasteiger partial charge in [0.25, 0.3) is 0 Å². The standard InChI is InChI=1S/C10H13F3N.C7H8O3S/c1-14(2,3)9-6-4-5-8(7-9)10(11,12)13;1-6-2-4-7(5-3-6)11(8,9)10/h4-7H,1-3H3;2-5H,1H3,(H,8,9,10)/q+1;/p-1. The van der Waals surface area contributed by atoms with Gasteiger partial charge in [-0.1, -0.05) is 23.8 Å². The highest BCUT2D eigenvalue weighted by Gasteiger charge is 2.31. The van der Waals surface area contributed by atoms with Crippen LogP contribution in [0.2, 0.25) is 0 Å². The lowest BCUT2D eigenvalue weighted by Gasteiger charge is -2.24. The molecule has 0 atom stereocenters. The summed E-state index contributed by atoms with van der Waals surface area (Å²) in [7, 11) is 1.22. The maximum absolute atomic E-state index is 12.3. The van der Waals surface area contributed by atoms with Crippen molar-refractivity contribution >= 4 is 15.8 Å². The topological polar surface area (TPSA) is 57.2 Å². The van der Waals surface area contributed by atoms with Crippen molar-refractivity contribution in [3.63, 3.8) is 0 Å². The third-order valence-corrected chi connectivity index (χ3v) is 4.11. The van der Waals surface area contributed by atoms with Crippen molar-refractivity contribution in [3.8, 4) is 0 Å². The Balaban J connectivity index is 0.000000257. The zero-order valence-electron chi connectivity index (χ0n) is 14.3. The maximum Gasteiger partial charge on any atom is 0.416 e. The zero-order chi connectivity index (χ0) is 19.5. The molecular formula is C17H20F3NO3S.